The molecule has 0 spiro atoms. The van der Waals surface area contributed by atoms with E-state index in [1.807, 2.05) is 0 Å². The van der Waals surface area contributed by atoms with Crippen molar-refractivity contribution in [2.24, 2.45) is 11.8 Å². The van der Waals surface area contributed by atoms with Crippen LogP contribution >= 0.6 is 0 Å². The number of aliphatic carboxylic acids is 1. The Bertz CT molecular complexity index is 566. The summed E-state index contributed by atoms with van der Waals surface area (Å²) in [5, 5.41) is 20.4. The van der Waals surface area contributed by atoms with E-state index in [9.17, 15) is 14.4 Å². The van der Waals surface area contributed by atoms with Gasteiger partial charge in [0.05, 0.1) is 23.1 Å². The minimum Gasteiger partial charge on any atom is -0.481 e. The van der Waals surface area contributed by atoms with Crippen LogP contribution in [0.15, 0.2) is 18.2 Å². The number of carbonyl (C=O) groups excluding carboxylic acids is 1. The van der Waals surface area contributed by atoms with Crippen LogP contribution in [0.5, 0.6) is 0 Å². The Morgan fingerprint density at radius 2 is 1.89 bits per heavy atom. The van der Waals surface area contributed by atoms with Crippen LogP contribution in [0.4, 0.5) is 5.69 Å². The molecule has 6 heteroatoms. The van der Waals surface area contributed by atoms with Crippen molar-refractivity contribution in [3.05, 3.63) is 29.3 Å². The van der Waals surface area contributed by atoms with Crippen LogP contribution < -0.4 is 5.32 Å². The Morgan fingerprint density at radius 1 is 1.21 bits per heavy atom. The van der Waals surface area contributed by atoms with Crippen molar-refractivity contribution >= 4 is 23.5 Å². The van der Waals surface area contributed by atoms with Gasteiger partial charge in [-0.05, 0) is 25.0 Å². The number of carboxylic acids is 2. The van der Waals surface area contributed by atoms with Crippen LogP contribution in [0.2, 0.25) is 0 Å². The zero-order valence-corrected chi connectivity index (χ0v) is 10.2. The number of aryl methyl sites for hydroxylation is 1. The molecule has 1 fully saturated rings. The van der Waals surface area contributed by atoms with Gasteiger partial charge >= 0.3 is 11.9 Å². The molecule has 2 unspecified atom stereocenters. The van der Waals surface area contributed by atoms with Crippen molar-refractivity contribution in [2.45, 2.75) is 13.3 Å². The Morgan fingerprint density at radius 3 is 2.42 bits per heavy atom. The van der Waals surface area contributed by atoms with E-state index in [1.165, 1.54) is 6.07 Å². The number of amides is 1. The average molecular weight is 263 g/mol. The van der Waals surface area contributed by atoms with E-state index in [2.05, 4.69) is 5.32 Å². The van der Waals surface area contributed by atoms with Crippen LogP contribution in [0, 0.1) is 18.8 Å². The van der Waals surface area contributed by atoms with E-state index in [4.69, 9.17) is 10.2 Å². The summed E-state index contributed by atoms with van der Waals surface area (Å²) in [7, 11) is 0. The molecule has 0 saturated heterocycles. The number of benzene rings is 1. The number of aromatic carboxylic acids is 1. The molecule has 3 N–H and O–H groups in total. The molecular weight excluding hydrogens is 250 g/mol. The van der Waals surface area contributed by atoms with Gasteiger partial charge in [-0.3, -0.25) is 9.59 Å². The lowest BCUT2D eigenvalue weighted by atomic mass is 10.1. The molecule has 0 aromatic heterocycles. The van der Waals surface area contributed by atoms with Crippen molar-refractivity contribution in [3.63, 3.8) is 0 Å². The second kappa shape index (κ2) is 4.72. The highest BCUT2D eigenvalue weighted by Gasteiger charge is 2.48. The Hall–Kier alpha value is -2.37. The van der Waals surface area contributed by atoms with E-state index in [0.29, 0.717) is 12.0 Å². The second-order valence-corrected chi connectivity index (χ2v) is 4.58. The molecule has 6 nitrogen and oxygen atoms in total. The largest absolute Gasteiger partial charge is 0.481 e. The van der Waals surface area contributed by atoms with Crippen LogP contribution in [-0.4, -0.2) is 28.1 Å². The fourth-order valence-corrected chi connectivity index (χ4v) is 2.04. The first kappa shape index (κ1) is 13.1. The molecule has 19 heavy (non-hydrogen) atoms. The van der Waals surface area contributed by atoms with Crippen LogP contribution in [0.1, 0.15) is 22.3 Å². The lowest BCUT2D eigenvalue weighted by Gasteiger charge is -2.10. The molecule has 1 aliphatic carbocycles. The molecule has 1 aromatic carbocycles. The number of anilines is 1. The number of rotatable bonds is 4. The molecule has 1 aromatic rings. The van der Waals surface area contributed by atoms with E-state index in [1.54, 1.807) is 19.1 Å². The highest BCUT2D eigenvalue weighted by molar-refractivity contribution is 6.04. The number of carboxylic acid groups (broad SMARTS) is 2. The topological polar surface area (TPSA) is 104 Å². The summed E-state index contributed by atoms with van der Waals surface area (Å²) in [5.74, 6) is -3.79. The molecule has 0 bridgehead atoms. The maximum Gasteiger partial charge on any atom is 0.338 e. The van der Waals surface area contributed by atoms with Crippen molar-refractivity contribution in [2.75, 3.05) is 5.32 Å². The van der Waals surface area contributed by atoms with Gasteiger partial charge in [0, 0.05) is 0 Å². The summed E-state index contributed by atoms with van der Waals surface area (Å²) >= 11 is 0. The van der Waals surface area contributed by atoms with Gasteiger partial charge in [0.25, 0.3) is 0 Å². The quantitative estimate of drug-likeness (QED) is 0.760. The van der Waals surface area contributed by atoms with Crippen molar-refractivity contribution in [1.82, 2.24) is 0 Å². The highest BCUT2D eigenvalue weighted by Crippen LogP contribution is 2.39. The van der Waals surface area contributed by atoms with Crippen LogP contribution in [-0.2, 0) is 9.59 Å². The first-order valence-corrected chi connectivity index (χ1v) is 5.78. The standard InChI is InChI=1S/C13H13NO5/c1-6-3-2-4-9(10(6)13(18)19)14-11(15)7-5-8(7)12(16)17/h2-4,7-8H,5H2,1H3,(H,14,15)(H,16,17)(H,18,19). The van der Waals surface area contributed by atoms with Gasteiger partial charge in [-0.25, -0.2) is 4.79 Å². The SMILES string of the molecule is Cc1cccc(NC(=O)C2CC2C(=O)O)c1C(=O)O. The summed E-state index contributed by atoms with van der Waals surface area (Å²) in [6.45, 7) is 1.64. The number of nitrogens with one attached hydrogen (secondary N) is 1. The first-order chi connectivity index (χ1) is 8.91. The molecular formula is C13H13NO5. The summed E-state index contributed by atoms with van der Waals surface area (Å²) in [4.78, 5) is 33.6. The summed E-state index contributed by atoms with van der Waals surface area (Å²) in [5.41, 5.74) is 0.771. The van der Waals surface area contributed by atoms with Crippen molar-refractivity contribution < 1.29 is 24.6 Å². The molecule has 1 amide bonds. The normalized spacial score (nSPS) is 20.7. The smallest absolute Gasteiger partial charge is 0.338 e. The van der Waals surface area contributed by atoms with Gasteiger partial charge in [-0.1, -0.05) is 12.1 Å². The summed E-state index contributed by atoms with van der Waals surface area (Å²) in [6.07, 6.45) is 0.301. The lowest BCUT2D eigenvalue weighted by molar-refractivity contribution is -0.139. The fraction of sp³-hybridized carbons (Fsp3) is 0.308. The summed E-state index contributed by atoms with van der Waals surface area (Å²) in [6, 6.07) is 4.77. The predicted molar refractivity (Wildman–Crippen MR) is 66.0 cm³/mol. The molecule has 0 heterocycles. The molecule has 2 rings (SSSR count). The second-order valence-electron chi connectivity index (χ2n) is 4.58. The molecule has 100 valence electrons. The molecule has 0 aliphatic heterocycles. The minimum atomic E-state index is -1.13. The third-order valence-electron chi connectivity index (χ3n) is 3.19. The highest BCUT2D eigenvalue weighted by atomic mass is 16.4. The zero-order chi connectivity index (χ0) is 14.2. The third kappa shape index (κ3) is 2.57. The summed E-state index contributed by atoms with van der Waals surface area (Å²) < 4.78 is 0. The monoisotopic (exact) mass is 263 g/mol. The van der Waals surface area contributed by atoms with Gasteiger partial charge in [-0.2, -0.15) is 0 Å². The molecule has 2 atom stereocenters. The minimum absolute atomic E-state index is 0.0309. The molecule has 0 radical (unpaired) electrons. The van der Waals surface area contributed by atoms with Crippen molar-refractivity contribution in [1.29, 1.82) is 0 Å². The van der Waals surface area contributed by atoms with Crippen LogP contribution in [0.25, 0.3) is 0 Å². The fourth-order valence-electron chi connectivity index (χ4n) is 2.04. The lowest BCUT2D eigenvalue weighted by Crippen LogP contribution is -2.19. The Kier molecular flexibility index (Phi) is 3.25. The molecule has 1 saturated carbocycles. The Labute approximate surface area is 109 Å². The van der Waals surface area contributed by atoms with Gasteiger partial charge in [0.2, 0.25) is 5.91 Å². The van der Waals surface area contributed by atoms with Gasteiger partial charge < -0.3 is 15.5 Å². The van der Waals surface area contributed by atoms with Gasteiger partial charge in [-0.15, -0.1) is 0 Å². The maximum atomic E-state index is 11.8. The third-order valence-corrected chi connectivity index (χ3v) is 3.19. The Balaban J connectivity index is 2.16. The van der Waals surface area contributed by atoms with Crippen molar-refractivity contribution in [3.8, 4) is 0 Å². The molecule has 1 aliphatic rings. The van der Waals surface area contributed by atoms with E-state index in [-0.39, 0.29) is 11.3 Å². The predicted octanol–water partition coefficient (Wildman–Crippen LogP) is 1.35. The van der Waals surface area contributed by atoms with E-state index in [0.717, 1.165) is 0 Å². The zero-order valence-electron chi connectivity index (χ0n) is 10.2. The number of hydrogen-bond donors (Lipinski definition) is 3. The first-order valence-electron chi connectivity index (χ1n) is 5.78. The maximum absolute atomic E-state index is 11.8. The number of hydrogen-bond acceptors (Lipinski definition) is 3. The van der Waals surface area contributed by atoms with E-state index < -0.39 is 29.7 Å². The average Bonchev–Trinajstić information content (AvgIpc) is 3.08. The van der Waals surface area contributed by atoms with Crippen LogP contribution in [0.3, 0.4) is 0 Å². The van der Waals surface area contributed by atoms with E-state index >= 15 is 0 Å². The number of carbonyl (C=O) groups is 3. The van der Waals surface area contributed by atoms with Gasteiger partial charge in [0.1, 0.15) is 0 Å². The van der Waals surface area contributed by atoms with Gasteiger partial charge in [0.15, 0.2) is 0 Å².